The third kappa shape index (κ3) is 3.10. The quantitative estimate of drug-likeness (QED) is 0.941. The summed E-state index contributed by atoms with van der Waals surface area (Å²) < 4.78 is 3.35. The van der Waals surface area contributed by atoms with Crippen LogP contribution >= 0.6 is 11.6 Å². The average Bonchev–Trinajstić information content (AvgIpc) is 2.94. The molecule has 0 atom stereocenters. The summed E-state index contributed by atoms with van der Waals surface area (Å²) in [6.07, 6.45) is 9.42. The third-order valence-corrected chi connectivity index (χ3v) is 4.18. The van der Waals surface area contributed by atoms with Crippen molar-refractivity contribution in [3.05, 3.63) is 50.0 Å². The molecule has 1 aliphatic carbocycles. The Labute approximate surface area is 126 Å². The lowest BCUT2D eigenvalue weighted by Crippen LogP contribution is -2.30. The van der Waals surface area contributed by atoms with Crippen molar-refractivity contribution in [3.63, 3.8) is 0 Å². The fourth-order valence-corrected chi connectivity index (χ4v) is 2.95. The summed E-state index contributed by atoms with van der Waals surface area (Å²) in [5, 5.41) is 4.55. The van der Waals surface area contributed by atoms with Crippen LogP contribution in [-0.4, -0.2) is 19.3 Å². The molecule has 7 heteroatoms. The van der Waals surface area contributed by atoms with Crippen molar-refractivity contribution in [1.82, 2.24) is 19.3 Å². The van der Waals surface area contributed by atoms with Gasteiger partial charge in [0.05, 0.1) is 18.3 Å². The Morgan fingerprint density at radius 2 is 2.05 bits per heavy atom. The molecule has 112 valence electrons. The minimum Gasteiger partial charge on any atom is -0.293 e. The number of nitrogens with zero attached hydrogens (tertiary/aromatic N) is 3. The van der Waals surface area contributed by atoms with Gasteiger partial charge in [0.15, 0.2) is 0 Å². The Bertz CT molecular complexity index is 740. The zero-order chi connectivity index (χ0) is 14.8. The molecule has 1 N–H and O–H groups in total. The van der Waals surface area contributed by atoms with Gasteiger partial charge in [-0.15, -0.1) is 0 Å². The van der Waals surface area contributed by atoms with Gasteiger partial charge in [-0.1, -0.05) is 30.9 Å². The van der Waals surface area contributed by atoms with E-state index < -0.39 is 11.2 Å². The minimum atomic E-state index is -0.564. The Morgan fingerprint density at radius 1 is 1.29 bits per heavy atom. The van der Waals surface area contributed by atoms with E-state index in [0.29, 0.717) is 12.6 Å². The summed E-state index contributed by atoms with van der Waals surface area (Å²) in [6.45, 7) is 0.301. The van der Waals surface area contributed by atoms with E-state index in [0.717, 1.165) is 18.5 Å². The van der Waals surface area contributed by atoms with Gasteiger partial charge in [0.1, 0.15) is 5.02 Å². The van der Waals surface area contributed by atoms with Crippen LogP contribution in [0.15, 0.2) is 28.0 Å². The predicted molar refractivity (Wildman–Crippen MR) is 79.8 cm³/mol. The molecule has 2 aromatic heterocycles. The lowest BCUT2D eigenvalue weighted by atomic mass is 9.96. The lowest BCUT2D eigenvalue weighted by molar-refractivity contribution is 0.328. The second-order valence-corrected chi connectivity index (χ2v) is 5.85. The van der Waals surface area contributed by atoms with Crippen LogP contribution < -0.4 is 11.2 Å². The Morgan fingerprint density at radius 3 is 2.81 bits per heavy atom. The third-order valence-electron chi connectivity index (χ3n) is 3.91. The van der Waals surface area contributed by atoms with Gasteiger partial charge < -0.3 is 0 Å². The van der Waals surface area contributed by atoms with Gasteiger partial charge >= 0.3 is 5.69 Å². The predicted octanol–water partition coefficient (Wildman–Crippen LogP) is 1.94. The van der Waals surface area contributed by atoms with Crippen molar-refractivity contribution in [2.75, 3.05) is 0 Å². The van der Waals surface area contributed by atoms with E-state index >= 15 is 0 Å². The first kappa shape index (κ1) is 14.1. The zero-order valence-corrected chi connectivity index (χ0v) is 12.3. The highest BCUT2D eigenvalue weighted by molar-refractivity contribution is 6.30. The maximum atomic E-state index is 11.7. The Balaban J connectivity index is 1.79. The fraction of sp³-hybridized carbons (Fsp3) is 0.500. The van der Waals surface area contributed by atoms with Crippen LogP contribution in [-0.2, 0) is 6.54 Å². The molecule has 3 rings (SSSR count). The van der Waals surface area contributed by atoms with Crippen LogP contribution in [0, 0.1) is 0 Å². The molecule has 0 aliphatic heterocycles. The molecule has 0 aromatic carbocycles. The van der Waals surface area contributed by atoms with Crippen molar-refractivity contribution in [1.29, 1.82) is 0 Å². The van der Waals surface area contributed by atoms with Crippen molar-refractivity contribution < 1.29 is 0 Å². The fourth-order valence-electron chi connectivity index (χ4n) is 2.79. The topological polar surface area (TPSA) is 72.7 Å². The van der Waals surface area contributed by atoms with Gasteiger partial charge in [-0.25, -0.2) is 4.79 Å². The molecule has 1 saturated carbocycles. The van der Waals surface area contributed by atoms with E-state index in [-0.39, 0.29) is 5.02 Å². The highest BCUT2D eigenvalue weighted by Gasteiger charge is 2.16. The first-order chi connectivity index (χ1) is 10.1. The highest BCUT2D eigenvalue weighted by Crippen LogP contribution is 2.27. The first-order valence-electron chi connectivity index (χ1n) is 7.17. The van der Waals surface area contributed by atoms with Crippen molar-refractivity contribution >= 4 is 11.6 Å². The van der Waals surface area contributed by atoms with Crippen molar-refractivity contribution in [2.24, 2.45) is 0 Å². The molecule has 2 aromatic rings. The number of rotatable bonds is 3. The number of H-pyrrole nitrogens is 1. The zero-order valence-electron chi connectivity index (χ0n) is 11.6. The molecule has 0 unspecified atom stereocenters. The maximum Gasteiger partial charge on any atom is 0.328 e. The largest absolute Gasteiger partial charge is 0.328 e. The second-order valence-electron chi connectivity index (χ2n) is 5.44. The van der Waals surface area contributed by atoms with E-state index in [2.05, 4.69) is 10.1 Å². The molecule has 6 nitrogen and oxygen atoms in total. The smallest absolute Gasteiger partial charge is 0.293 e. The molecule has 2 heterocycles. The van der Waals surface area contributed by atoms with Crippen LogP contribution in [0.25, 0.3) is 0 Å². The maximum absolute atomic E-state index is 11.7. The number of hydrogen-bond acceptors (Lipinski definition) is 3. The summed E-state index contributed by atoms with van der Waals surface area (Å²) in [5.74, 6) is 0. The Hall–Kier alpha value is -1.82. The number of aromatic nitrogens is 4. The standard InChI is InChI=1S/C14H17ClN4O2/c15-12-9-18(14(21)16-13(12)20)8-10-6-7-19(17-10)11-4-2-1-3-5-11/h6-7,9,11H,1-5,8H2,(H,16,20,21). The molecular weight excluding hydrogens is 292 g/mol. The van der Waals surface area contributed by atoms with Gasteiger partial charge in [0.2, 0.25) is 0 Å². The van der Waals surface area contributed by atoms with Crippen LogP contribution in [0.1, 0.15) is 43.8 Å². The number of nitrogens with one attached hydrogen (secondary N) is 1. The highest BCUT2D eigenvalue weighted by atomic mass is 35.5. The van der Waals surface area contributed by atoms with Gasteiger partial charge in [0.25, 0.3) is 5.56 Å². The van der Waals surface area contributed by atoms with Crippen LogP contribution in [0.4, 0.5) is 0 Å². The molecular formula is C14H17ClN4O2. The summed E-state index contributed by atoms with van der Waals surface area (Å²) in [5.41, 5.74) is -0.256. The van der Waals surface area contributed by atoms with Crippen molar-refractivity contribution in [3.8, 4) is 0 Å². The molecule has 0 amide bonds. The normalized spacial score (nSPS) is 16.2. The molecule has 0 radical (unpaired) electrons. The molecule has 0 saturated heterocycles. The summed E-state index contributed by atoms with van der Waals surface area (Å²) in [7, 11) is 0. The minimum absolute atomic E-state index is 0.00122. The van der Waals surface area contributed by atoms with Crippen LogP contribution in [0.2, 0.25) is 5.02 Å². The van der Waals surface area contributed by atoms with Gasteiger partial charge in [-0.3, -0.25) is 19.0 Å². The van der Waals surface area contributed by atoms with Gasteiger partial charge in [-0.05, 0) is 18.9 Å². The van der Waals surface area contributed by atoms with Gasteiger partial charge in [0, 0.05) is 12.4 Å². The SMILES string of the molecule is O=c1[nH]c(=O)n(Cc2ccn(C3CCCCC3)n2)cc1Cl. The molecule has 0 spiro atoms. The van der Waals surface area contributed by atoms with E-state index in [1.807, 2.05) is 16.9 Å². The van der Waals surface area contributed by atoms with E-state index in [1.54, 1.807) is 0 Å². The molecule has 1 fully saturated rings. The van der Waals surface area contributed by atoms with E-state index in [1.165, 1.54) is 30.0 Å². The first-order valence-corrected chi connectivity index (χ1v) is 7.54. The average molecular weight is 309 g/mol. The number of aromatic amines is 1. The van der Waals surface area contributed by atoms with E-state index in [4.69, 9.17) is 11.6 Å². The molecule has 21 heavy (non-hydrogen) atoms. The van der Waals surface area contributed by atoms with E-state index in [9.17, 15) is 9.59 Å². The van der Waals surface area contributed by atoms with Crippen LogP contribution in [0.3, 0.4) is 0 Å². The summed E-state index contributed by atoms with van der Waals surface area (Å²) in [4.78, 5) is 25.1. The monoisotopic (exact) mass is 308 g/mol. The summed E-state index contributed by atoms with van der Waals surface area (Å²) in [6, 6.07) is 2.36. The number of hydrogen-bond donors (Lipinski definition) is 1. The lowest BCUT2D eigenvalue weighted by Gasteiger charge is -2.21. The Kier molecular flexibility index (Phi) is 3.96. The molecule has 0 bridgehead atoms. The second kappa shape index (κ2) is 5.89. The van der Waals surface area contributed by atoms with Crippen LogP contribution in [0.5, 0.6) is 0 Å². The number of halogens is 1. The summed E-state index contributed by atoms with van der Waals surface area (Å²) >= 11 is 5.75. The molecule has 1 aliphatic rings. The van der Waals surface area contributed by atoms with Gasteiger partial charge in [-0.2, -0.15) is 5.10 Å². The van der Waals surface area contributed by atoms with Crippen molar-refractivity contribution in [2.45, 2.75) is 44.7 Å².